The second-order valence-electron chi connectivity index (χ2n) is 3.44. The zero-order valence-electron chi connectivity index (χ0n) is 8.14. The molecule has 1 unspecified atom stereocenters. The highest BCUT2D eigenvalue weighted by molar-refractivity contribution is 5.81. The maximum absolute atomic E-state index is 9.67. The predicted molar refractivity (Wildman–Crippen MR) is 56.9 cm³/mol. The van der Waals surface area contributed by atoms with Crippen LogP contribution in [0.2, 0.25) is 0 Å². The first-order valence-electron chi connectivity index (χ1n) is 4.66. The van der Waals surface area contributed by atoms with E-state index in [9.17, 15) is 5.11 Å². The topological polar surface area (TPSA) is 51.2 Å². The number of aliphatic hydroxyl groups is 1. The maximum Gasteiger partial charge on any atom is 0.106 e. The van der Waals surface area contributed by atoms with E-state index in [-0.39, 0.29) is 6.54 Å². The van der Waals surface area contributed by atoms with E-state index in [1.54, 1.807) is 0 Å². The summed E-state index contributed by atoms with van der Waals surface area (Å²) >= 11 is 0. The summed E-state index contributed by atoms with van der Waals surface area (Å²) < 4.78 is 1.98. The number of nitrogens with two attached hydrogens (primary N) is 1. The minimum absolute atomic E-state index is 0.254. The Hall–Kier alpha value is -1.32. The number of benzene rings is 1. The molecule has 0 radical (unpaired) electrons. The van der Waals surface area contributed by atoms with Crippen LogP contribution in [0.5, 0.6) is 0 Å². The fourth-order valence-electron chi connectivity index (χ4n) is 1.75. The van der Waals surface area contributed by atoms with E-state index in [2.05, 4.69) is 0 Å². The van der Waals surface area contributed by atoms with Crippen LogP contribution >= 0.6 is 0 Å². The standard InChI is InChI=1S/C11H14N2O/c1-13-9-5-3-2-4-8(9)6-10(13)11(14)7-12/h2-6,11,14H,7,12H2,1H3. The van der Waals surface area contributed by atoms with Gasteiger partial charge in [-0.1, -0.05) is 18.2 Å². The van der Waals surface area contributed by atoms with Crippen molar-refractivity contribution in [1.82, 2.24) is 4.57 Å². The molecule has 14 heavy (non-hydrogen) atoms. The number of fused-ring (bicyclic) bond motifs is 1. The van der Waals surface area contributed by atoms with Gasteiger partial charge in [-0.3, -0.25) is 0 Å². The van der Waals surface area contributed by atoms with Crippen molar-refractivity contribution in [1.29, 1.82) is 0 Å². The van der Waals surface area contributed by atoms with Crippen molar-refractivity contribution in [3.05, 3.63) is 36.0 Å². The van der Waals surface area contributed by atoms with Crippen LogP contribution in [0.3, 0.4) is 0 Å². The molecule has 1 aromatic carbocycles. The van der Waals surface area contributed by atoms with Crippen molar-refractivity contribution in [3.8, 4) is 0 Å². The quantitative estimate of drug-likeness (QED) is 0.747. The molecular weight excluding hydrogens is 176 g/mol. The van der Waals surface area contributed by atoms with Gasteiger partial charge in [0, 0.05) is 24.8 Å². The number of hydrogen-bond donors (Lipinski definition) is 2. The third kappa shape index (κ3) is 1.31. The van der Waals surface area contributed by atoms with E-state index in [0.29, 0.717) is 0 Å². The Morgan fingerprint density at radius 1 is 1.43 bits per heavy atom. The van der Waals surface area contributed by atoms with Gasteiger partial charge in [-0.15, -0.1) is 0 Å². The smallest absolute Gasteiger partial charge is 0.106 e. The largest absolute Gasteiger partial charge is 0.386 e. The van der Waals surface area contributed by atoms with E-state index in [0.717, 1.165) is 16.6 Å². The molecule has 1 atom stereocenters. The van der Waals surface area contributed by atoms with E-state index < -0.39 is 6.10 Å². The molecule has 3 heteroatoms. The lowest BCUT2D eigenvalue weighted by Gasteiger charge is -2.08. The SMILES string of the molecule is Cn1c(C(O)CN)cc2ccccc21. The second-order valence-corrected chi connectivity index (χ2v) is 3.44. The molecule has 0 amide bonds. The van der Waals surface area contributed by atoms with Gasteiger partial charge in [0.05, 0.1) is 0 Å². The Morgan fingerprint density at radius 2 is 2.14 bits per heavy atom. The number of para-hydroxylation sites is 1. The van der Waals surface area contributed by atoms with Crippen molar-refractivity contribution in [2.75, 3.05) is 6.54 Å². The molecule has 0 bridgehead atoms. The number of aryl methyl sites for hydroxylation is 1. The lowest BCUT2D eigenvalue weighted by Crippen LogP contribution is -2.14. The van der Waals surface area contributed by atoms with Gasteiger partial charge >= 0.3 is 0 Å². The third-order valence-electron chi connectivity index (χ3n) is 2.55. The zero-order chi connectivity index (χ0) is 10.1. The normalized spacial score (nSPS) is 13.4. The van der Waals surface area contributed by atoms with Gasteiger partial charge < -0.3 is 15.4 Å². The minimum atomic E-state index is -0.576. The highest BCUT2D eigenvalue weighted by Gasteiger charge is 2.11. The van der Waals surface area contributed by atoms with Crippen LogP contribution in [0.4, 0.5) is 0 Å². The highest BCUT2D eigenvalue weighted by Crippen LogP contribution is 2.22. The fourth-order valence-corrected chi connectivity index (χ4v) is 1.75. The van der Waals surface area contributed by atoms with Gasteiger partial charge in [0.15, 0.2) is 0 Å². The Bertz CT molecular complexity index is 447. The van der Waals surface area contributed by atoms with Crippen molar-refractivity contribution in [2.24, 2.45) is 12.8 Å². The summed E-state index contributed by atoms with van der Waals surface area (Å²) in [5.41, 5.74) is 7.42. The molecule has 3 nitrogen and oxygen atoms in total. The Morgan fingerprint density at radius 3 is 2.79 bits per heavy atom. The summed E-state index contributed by atoms with van der Waals surface area (Å²) in [7, 11) is 1.94. The molecule has 0 fully saturated rings. The van der Waals surface area contributed by atoms with Crippen LogP contribution in [0.15, 0.2) is 30.3 Å². The summed E-state index contributed by atoms with van der Waals surface area (Å²) in [4.78, 5) is 0. The molecule has 1 aromatic heterocycles. The summed E-state index contributed by atoms with van der Waals surface area (Å²) in [5, 5.41) is 10.8. The van der Waals surface area contributed by atoms with Crippen LogP contribution in [-0.2, 0) is 7.05 Å². The predicted octanol–water partition coefficient (Wildman–Crippen LogP) is 1.17. The Labute approximate surface area is 82.8 Å². The lowest BCUT2D eigenvalue weighted by molar-refractivity contribution is 0.179. The van der Waals surface area contributed by atoms with Crippen molar-refractivity contribution < 1.29 is 5.11 Å². The summed E-state index contributed by atoms with van der Waals surface area (Å²) in [6, 6.07) is 10.0. The molecule has 3 N–H and O–H groups in total. The zero-order valence-corrected chi connectivity index (χ0v) is 8.14. The highest BCUT2D eigenvalue weighted by atomic mass is 16.3. The van der Waals surface area contributed by atoms with Gasteiger partial charge in [-0.05, 0) is 17.5 Å². The number of aromatic nitrogens is 1. The molecule has 0 aliphatic rings. The van der Waals surface area contributed by atoms with E-state index >= 15 is 0 Å². The molecule has 2 rings (SSSR count). The number of hydrogen-bond acceptors (Lipinski definition) is 2. The van der Waals surface area contributed by atoms with E-state index in [1.807, 2.05) is 41.9 Å². The Balaban J connectivity index is 2.62. The summed E-state index contributed by atoms with van der Waals surface area (Å²) in [6.07, 6.45) is -0.576. The molecule has 1 heterocycles. The van der Waals surface area contributed by atoms with Gasteiger partial charge in [0.2, 0.25) is 0 Å². The molecular formula is C11H14N2O. The van der Waals surface area contributed by atoms with Crippen molar-refractivity contribution in [3.63, 3.8) is 0 Å². The summed E-state index contributed by atoms with van der Waals surface area (Å²) in [6.45, 7) is 0.254. The molecule has 2 aromatic rings. The molecule has 0 saturated heterocycles. The lowest BCUT2D eigenvalue weighted by atomic mass is 10.2. The van der Waals surface area contributed by atoms with Crippen molar-refractivity contribution in [2.45, 2.75) is 6.10 Å². The molecule has 0 saturated carbocycles. The average Bonchev–Trinajstić information content (AvgIpc) is 2.56. The summed E-state index contributed by atoms with van der Waals surface area (Å²) in [5.74, 6) is 0. The first-order valence-corrected chi connectivity index (χ1v) is 4.66. The molecule has 0 spiro atoms. The Kier molecular flexibility index (Phi) is 2.27. The molecule has 0 aliphatic heterocycles. The van der Waals surface area contributed by atoms with Crippen LogP contribution in [0, 0.1) is 0 Å². The first kappa shape index (κ1) is 9.24. The molecule has 0 aliphatic carbocycles. The van der Waals surface area contributed by atoms with Gasteiger partial charge in [-0.25, -0.2) is 0 Å². The number of nitrogens with zero attached hydrogens (tertiary/aromatic N) is 1. The van der Waals surface area contributed by atoms with Crippen LogP contribution in [0.25, 0.3) is 10.9 Å². The third-order valence-corrected chi connectivity index (χ3v) is 2.55. The van der Waals surface area contributed by atoms with Gasteiger partial charge in [-0.2, -0.15) is 0 Å². The number of rotatable bonds is 2. The fraction of sp³-hybridized carbons (Fsp3) is 0.273. The minimum Gasteiger partial charge on any atom is -0.386 e. The monoisotopic (exact) mass is 190 g/mol. The van der Waals surface area contributed by atoms with Gasteiger partial charge in [0.1, 0.15) is 6.10 Å². The van der Waals surface area contributed by atoms with E-state index in [1.165, 1.54) is 0 Å². The van der Waals surface area contributed by atoms with Gasteiger partial charge in [0.25, 0.3) is 0 Å². The second kappa shape index (κ2) is 3.44. The van der Waals surface area contributed by atoms with Crippen LogP contribution in [-0.4, -0.2) is 16.2 Å². The first-order chi connectivity index (χ1) is 6.74. The van der Waals surface area contributed by atoms with E-state index in [4.69, 9.17) is 5.73 Å². The maximum atomic E-state index is 9.67. The van der Waals surface area contributed by atoms with Crippen LogP contribution in [0.1, 0.15) is 11.8 Å². The number of aliphatic hydroxyl groups excluding tert-OH is 1. The van der Waals surface area contributed by atoms with Crippen LogP contribution < -0.4 is 5.73 Å². The average molecular weight is 190 g/mol. The van der Waals surface area contributed by atoms with Crippen molar-refractivity contribution >= 4 is 10.9 Å². The molecule has 74 valence electrons.